The number of nitrogens with one attached hydrogen (secondary N) is 1. The number of benzene rings is 2. The third-order valence-corrected chi connectivity index (χ3v) is 3.35. The van der Waals surface area contributed by atoms with E-state index in [4.69, 9.17) is 0 Å². The number of aromatic amines is 1. The van der Waals surface area contributed by atoms with Crippen molar-refractivity contribution in [1.82, 2.24) is 30.4 Å². The van der Waals surface area contributed by atoms with Crippen LogP contribution in [0.5, 0.6) is 0 Å². The summed E-state index contributed by atoms with van der Waals surface area (Å²) >= 11 is 0. The molecular weight excluding hydrogens is 276 g/mol. The molecule has 0 saturated carbocycles. The van der Waals surface area contributed by atoms with Crippen molar-refractivity contribution in [2.75, 3.05) is 0 Å². The van der Waals surface area contributed by atoms with Crippen molar-refractivity contribution in [2.45, 2.75) is 0 Å². The quantitative estimate of drug-likeness (QED) is 0.628. The summed E-state index contributed by atoms with van der Waals surface area (Å²) in [5.41, 5.74) is 4.54. The van der Waals surface area contributed by atoms with E-state index in [1.807, 2.05) is 54.6 Å². The molecule has 0 fully saturated rings. The van der Waals surface area contributed by atoms with Crippen molar-refractivity contribution in [1.29, 1.82) is 0 Å². The lowest BCUT2D eigenvalue weighted by Crippen LogP contribution is -1.98. The second-order valence-corrected chi connectivity index (χ2v) is 4.72. The molecule has 0 amide bonds. The SMILES string of the molecule is [c]1cccc(-c2cc(-c3ccccc3)[nH]n2)c1-n1cnnn1. The molecule has 6 heteroatoms. The van der Waals surface area contributed by atoms with E-state index in [0.29, 0.717) is 0 Å². The average Bonchev–Trinajstić information content (AvgIpc) is 3.28. The highest BCUT2D eigenvalue weighted by atomic mass is 15.5. The Balaban J connectivity index is 1.80. The topological polar surface area (TPSA) is 72.3 Å². The molecule has 0 atom stereocenters. The lowest BCUT2D eigenvalue weighted by molar-refractivity contribution is 0.789. The number of hydrogen-bond acceptors (Lipinski definition) is 4. The second-order valence-electron chi connectivity index (χ2n) is 4.72. The van der Waals surface area contributed by atoms with Crippen LogP contribution in [0.2, 0.25) is 0 Å². The molecule has 0 aliphatic carbocycles. The molecule has 0 unspecified atom stereocenters. The van der Waals surface area contributed by atoms with E-state index in [2.05, 4.69) is 31.8 Å². The maximum absolute atomic E-state index is 4.41. The van der Waals surface area contributed by atoms with Gasteiger partial charge in [0.15, 0.2) is 0 Å². The van der Waals surface area contributed by atoms with Gasteiger partial charge in [-0.05, 0) is 22.1 Å². The van der Waals surface area contributed by atoms with E-state index in [1.165, 1.54) is 0 Å². The molecule has 0 bridgehead atoms. The zero-order valence-electron chi connectivity index (χ0n) is 11.5. The summed E-state index contributed by atoms with van der Waals surface area (Å²) in [6.45, 7) is 0. The summed E-state index contributed by atoms with van der Waals surface area (Å²) in [6.07, 6.45) is 1.54. The van der Waals surface area contributed by atoms with Gasteiger partial charge in [-0.1, -0.05) is 48.5 Å². The number of rotatable bonds is 3. The van der Waals surface area contributed by atoms with Crippen LogP contribution in [0.3, 0.4) is 0 Å². The van der Waals surface area contributed by atoms with Gasteiger partial charge in [-0.15, -0.1) is 5.10 Å². The molecule has 0 aliphatic heterocycles. The van der Waals surface area contributed by atoms with Crippen LogP contribution in [0.1, 0.15) is 0 Å². The monoisotopic (exact) mass is 287 g/mol. The number of para-hydroxylation sites is 1. The molecule has 0 saturated heterocycles. The van der Waals surface area contributed by atoms with Gasteiger partial charge in [-0.25, -0.2) is 0 Å². The summed E-state index contributed by atoms with van der Waals surface area (Å²) in [6, 6.07) is 20.9. The van der Waals surface area contributed by atoms with Crippen LogP contribution in [-0.2, 0) is 0 Å². The van der Waals surface area contributed by atoms with Crippen LogP contribution in [0, 0.1) is 6.07 Å². The Labute approximate surface area is 126 Å². The second kappa shape index (κ2) is 5.25. The fourth-order valence-corrected chi connectivity index (χ4v) is 2.31. The van der Waals surface area contributed by atoms with E-state index < -0.39 is 0 Å². The molecule has 4 rings (SSSR count). The summed E-state index contributed by atoms with van der Waals surface area (Å²) in [5, 5.41) is 18.7. The van der Waals surface area contributed by atoms with Crippen LogP contribution >= 0.6 is 0 Å². The van der Waals surface area contributed by atoms with Gasteiger partial charge in [0, 0.05) is 11.6 Å². The fraction of sp³-hybridized carbons (Fsp3) is 0. The molecule has 2 aromatic carbocycles. The summed E-state index contributed by atoms with van der Waals surface area (Å²) in [5.74, 6) is 0. The van der Waals surface area contributed by atoms with Gasteiger partial charge in [0.25, 0.3) is 0 Å². The van der Waals surface area contributed by atoms with E-state index in [9.17, 15) is 0 Å². The summed E-state index contributed by atoms with van der Waals surface area (Å²) < 4.78 is 1.58. The largest absolute Gasteiger partial charge is 0.277 e. The number of nitrogens with zero attached hydrogens (tertiary/aromatic N) is 5. The van der Waals surface area contributed by atoms with Crippen LogP contribution < -0.4 is 0 Å². The van der Waals surface area contributed by atoms with E-state index in [-0.39, 0.29) is 0 Å². The number of aromatic nitrogens is 6. The third-order valence-electron chi connectivity index (χ3n) is 3.35. The molecule has 1 N–H and O–H groups in total. The van der Waals surface area contributed by atoms with Crippen molar-refractivity contribution in [3.05, 3.63) is 67.0 Å². The Bertz CT molecular complexity index is 880. The Kier molecular flexibility index (Phi) is 2.97. The van der Waals surface area contributed by atoms with Crippen molar-refractivity contribution in [3.8, 4) is 28.2 Å². The Morgan fingerprint density at radius 1 is 1.05 bits per heavy atom. The van der Waals surface area contributed by atoms with Gasteiger partial charge < -0.3 is 0 Å². The van der Waals surface area contributed by atoms with E-state index in [1.54, 1.807) is 11.0 Å². The number of tetrazole rings is 1. The molecule has 1 radical (unpaired) electrons. The molecule has 105 valence electrons. The van der Waals surface area contributed by atoms with Gasteiger partial charge in [-0.3, -0.25) is 5.10 Å². The van der Waals surface area contributed by atoms with Crippen LogP contribution in [-0.4, -0.2) is 30.4 Å². The molecule has 6 nitrogen and oxygen atoms in total. The zero-order chi connectivity index (χ0) is 14.8. The zero-order valence-corrected chi connectivity index (χ0v) is 11.5. The fourth-order valence-electron chi connectivity index (χ4n) is 2.31. The maximum Gasteiger partial charge on any atom is 0.143 e. The molecular formula is C16H11N6. The Morgan fingerprint density at radius 3 is 2.77 bits per heavy atom. The summed E-state index contributed by atoms with van der Waals surface area (Å²) in [4.78, 5) is 0. The molecule has 22 heavy (non-hydrogen) atoms. The lowest BCUT2D eigenvalue weighted by Gasteiger charge is -2.04. The van der Waals surface area contributed by atoms with Crippen molar-refractivity contribution in [2.24, 2.45) is 0 Å². The van der Waals surface area contributed by atoms with Crippen molar-refractivity contribution in [3.63, 3.8) is 0 Å². The lowest BCUT2D eigenvalue weighted by atomic mass is 10.1. The van der Waals surface area contributed by atoms with Crippen molar-refractivity contribution < 1.29 is 0 Å². The maximum atomic E-state index is 4.41. The number of hydrogen-bond donors (Lipinski definition) is 1. The first-order chi connectivity index (χ1) is 10.9. The van der Waals surface area contributed by atoms with Crippen molar-refractivity contribution >= 4 is 0 Å². The predicted molar refractivity (Wildman–Crippen MR) is 81.0 cm³/mol. The normalized spacial score (nSPS) is 10.7. The van der Waals surface area contributed by atoms with Gasteiger partial charge in [0.1, 0.15) is 6.33 Å². The smallest absolute Gasteiger partial charge is 0.143 e. The standard InChI is InChI=1S/C16H11N6/c1-2-6-12(7-3-1)14-10-15(19-18-14)13-8-4-5-9-16(13)22-11-17-20-21-22/h1-8,10-11H,(H,18,19). The summed E-state index contributed by atoms with van der Waals surface area (Å²) in [7, 11) is 0. The molecule has 2 heterocycles. The molecule has 4 aromatic rings. The van der Waals surface area contributed by atoms with Gasteiger partial charge in [-0.2, -0.15) is 9.78 Å². The molecule has 0 aliphatic rings. The van der Waals surface area contributed by atoms with Gasteiger partial charge in [0.2, 0.25) is 0 Å². The minimum absolute atomic E-state index is 0.763. The number of H-pyrrole nitrogens is 1. The van der Waals surface area contributed by atoms with Crippen LogP contribution in [0.25, 0.3) is 28.2 Å². The van der Waals surface area contributed by atoms with Crippen LogP contribution in [0.15, 0.2) is 60.9 Å². The first-order valence-corrected chi connectivity index (χ1v) is 6.77. The highest BCUT2D eigenvalue weighted by Crippen LogP contribution is 2.27. The highest BCUT2D eigenvalue weighted by molar-refractivity contribution is 5.73. The first-order valence-electron chi connectivity index (χ1n) is 6.77. The van der Waals surface area contributed by atoms with Gasteiger partial charge >= 0.3 is 0 Å². The Morgan fingerprint density at radius 2 is 1.95 bits per heavy atom. The van der Waals surface area contributed by atoms with E-state index in [0.717, 1.165) is 28.2 Å². The molecule has 2 aromatic heterocycles. The minimum Gasteiger partial charge on any atom is -0.277 e. The first kappa shape index (κ1) is 12.5. The van der Waals surface area contributed by atoms with E-state index >= 15 is 0 Å². The highest BCUT2D eigenvalue weighted by Gasteiger charge is 2.11. The Hall–Kier alpha value is -3.28. The third kappa shape index (κ3) is 2.16. The molecule has 0 spiro atoms. The van der Waals surface area contributed by atoms with Crippen LogP contribution in [0.4, 0.5) is 0 Å². The average molecular weight is 287 g/mol. The van der Waals surface area contributed by atoms with Gasteiger partial charge in [0.05, 0.1) is 17.1 Å². The predicted octanol–water partition coefficient (Wildman–Crippen LogP) is 2.52. The minimum atomic E-state index is 0.763.